The van der Waals surface area contributed by atoms with Crippen LogP contribution >= 0.6 is 23.2 Å². The van der Waals surface area contributed by atoms with E-state index in [4.69, 9.17) is 27.9 Å². The SMILES string of the molecule is C=C(OCCCc1cc(C(O)CNC(C)(C)C)ccc1CCc1c(Cl)cccc1Cl)C(C)(C)C. The van der Waals surface area contributed by atoms with Gasteiger partial charge in [0.05, 0.1) is 18.5 Å². The molecule has 2 N–H and O–H groups in total. The monoisotopic (exact) mass is 505 g/mol. The second-order valence-electron chi connectivity index (χ2n) is 11.0. The van der Waals surface area contributed by atoms with Crippen molar-refractivity contribution in [3.05, 3.63) is 81.0 Å². The maximum absolute atomic E-state index is 10.8. The highest BCUT2D eigenvalue weighted by molar-refractivity contribution is 6.35. The summed E-state index contributed by atoms with van der Waals surface area (Å²) in [6.07, 6.45) is 2.74. The van der Waals surface area contributed by atoms with E-state index >= 15 is 0 Å². The summed E-state index contributed by atoms with van der Waals surface area (Å²) in [4.78, 5) is 0. The van der Waals surface area contributed by atoms with Gasteiger partial charge in [-0.15, -0.1) is 0 Å². The number of allylic oxidation sites excluding steroid dienone is 1. The zero-order valence-electron chi connectivity index (χ0n) is 21.6. The molecule has 0 aliphatic carbocycles. The molecule has 0 fully saturated rings. The summed E-state index contributed by atoms with van der Waals surface area (Å²) in [6, 6.07) is 11.9. The average molecular weight is 507 g/mol. The molecule has 1 unspecified atom stereocenters. The van der Waals surface area contributed by atoms with Crippen molar-refractivity contribution in [2.45, 2.75) is 78.9 Å². The lowest BCUT2D eigenvalue weighted by Crippen LogP contribution is -2.38. The third-order valence-corrected chi connectivity index (χ3v) is 6.56. The molecule has 0 radical (unpaired) electrons. The van der Waals surface area contributed by atoms with Gasteiger partial charge in [-0.2, -0.15) is 0 Å². The van der Waals surface area contributed by atoms with Gasteiger partial charge in [-0.3, -0.25) is 0 Å². The summed E-state index contributed by atoms with van der Waals surface area (Å²) in [6.45, 7) is 17.8. The molecule has 2 aromatic carbocycles. The van der Waals surface area contributed by atoms with E-state index in [0.717, 1.165) is 42.6 Å². The van der Waals surface area contributed by atoms with Gasteiger partial charge in [-0.25, -0.2) is 0 Å². The number of rotatable bonds is 11. The summed E-state index contributed by atoms with van der Waals surface area (Å²) in [5.41, 5.74) is 4.24. The molecule has 0 bridgehead atoms. The Balaban J connectivity index is 2.16. The van der Waals surface area contributed by atoms with Crippen molar-refractivity contribution in [2.24, 2.45) is 5.41 Å². The quantitative estimate of drug-likeness (QED) is 0.242. The van der Waals surface area contributed by atoms with Crippen molar-refractivity contribution in [1.82, 2.24) is 5.32 Å². The van der Waals surface area contributed by atoms with Gasteiger partial charge in [0.25, 0.3) is 0 Å². The summed E-state index contributed by atoms with van der Waals surface area (Å²) in [5, 5.41) is 15.6. The zero-order chi connectivity index (χ0) is 25.5. The molecule has 3 nitrogen and oxygen atoms in total. The van der Waals surface area contributed by atoms with Gasteiger partial charge in [0.2, 0.25) is 0 Å². The first-order valence-electron chi connectivity index (χ1n) is 12.1. The van der Waals surface area contributed by atoms with Gasteiger partial charge in [0.15, 0.2) is 0 Å². The van der Waals surface area contributed by atoms with E-state index in [0.29, 0.717) is 23.2 Å². The van der Waals surface area contributed by atoms with Crippen molar-refractivity contribution in [3.8, 4) is 0 Å². The second kappa shape index (κ2) is 12.4. The first-order valence-corrected chi connectivity index (χ1v) is 12.8. The van der Waals surface area contributed by atoms with Crippen LogP contribution < -0.4 is 5.32 Å². The summed E-state index contributed by atoms with van der Waals surface area (Å²) >= 11 is 12.8. The van der Waals surface area contributed by atoms with Gasteiger partial charge >= 0.3 is 0 Å². The number of aliphatic hydroxyl groups excluding tert-OH is 1. The van der Waals surface area contributed by atoms with Gasteiger partial charge in [-0.05, 0) is 80.8 Å². The minimum atomic E-state index is -0.568. The Morgan fingerprint density at radius 3 is 2.21 bits per heavy atom. The standard InChI is InChI=1S/C29H41Cl2NO2/c1-20(28(2,3)4)34-17-9-10-22-18-23(27(33)19-32-29(5,6)7)14-13-21(22)15-16-24-25(30)11-8-12-26(24)31/h8,11-14,18,27,32-33H,1,9-10,15-17,19H2,2-7H3. The van der Waals surface area contributed by atoms with Crippen molar-refractivity contribution in [2.75, 3.05) is 13.2 Å². The molecule has 188 valence electrons. The lowest BCUT2D eigenvalue weighted by atomic mass is 9.93. The zero-order valence-corrected chi connectivity index (χ0v) is 23.1. The number of benzene rings is 2. The minimum absolute atomic E-state index is 0.0508. The smallest absolute Gasteiger partial charge is 0.0941 e. The highest BCUT2D eigenvalue weighted by atomic mass is 35.5. The Bertz CT molecular complexity index is 937. The minimum Gasteiger partial charge on any atom is -0.498 e. The first kappa shape index (κ1) is 28.7. The fourth-order valence-corrected chi connectivity index (χ4v) is 4.14. The van der Waals surface area contributed by atoms with Gasteiger partial charge < -0.3 is 15.2 Å². The number of hydrogen-bond donors (Lipinski definition) is 2. The maximum Gasteiger partial charge on any atom is 0.0941 e. The molecule has 5 heteroatoms. The predicted octanol–water partition coefficient (Wildman–Crippen LogP) is 7.71. The lowest BCUT2D eigenvalue weighted by molar-refractivity contribution is 0.151. The van der Waals surface area contributed by atoms with E-state index in [1.54, 1.807) is 0 Å². The molecule has 34 heavy (non-hydrogen) atoms. The third-order valence-electron chi connectivity index (χ3n) is 5.85. The van der Waals surface area contributed by atoms with E-state index in [-0.39, 0.29) is 11.0 Å². The fraction of sp³-hybridized carbons (Fsp3) is 0.517. The van der Waals surface area contributed by atoms with Crippen LogP contribution in [0, 0.1) is 5.41 Å². The Hall–Kier alpha value is -1.52. The van der Waals surface area contributed by atoms with Crippen LogP contribution in [0.15, 0.2) is 48.7 Å². The summed E-state index contributed by atoms with van der Waals surface area (Å²) in [7, 11) is 0. The van der Waals surface area contributed by atoms with Crippen LogP contribution in [0.25, 0.3) is 0 Å². The molecule has 0 saturated heterocycles. The highest BCUT2D eigenvalue weighted by Gasteiger charge is 2.17. The predicted molar refractivity (Wildman–Crippen MR) is 146 cm³/mol. The number of aryl methyl sites for hydroxylation is 2. The number of β-amino-alcohol motifs (C(OH)–C–C–N with tert-alkyl or cyclic N) is 1. The molecule has 0 heterocycles. The molecule has 0 aliphatic rings. The van der Waals surface area contributed by atoms with Gasteiger partial charge in [0, 0.05) is 27.5 Å². The van der Waals surface area contributed by atoms with E-state index in [1.807, 2.05) is 24.3 Å². The number of nitrogens with one attached hydrogen (secondary N) is 1. The molecule has 0 aliphatic heterocycles. The van der Waals surface area contributed by atoms with E-state index in [2.05, 4.69) is 65.6 Å². The molecule has 0 aromatic heterocycles. The Kier molecular flexibility index (Phi) is 10.5. The lowest BCUT2D eigenvalue weighted by Gasteiger charge is -2.24. The van der Waals surface area contributed by atoms with Crippen LogP contribution in [-0.4, -0.2) is 23.8 Å². The van der Waals surface area contributed by atoms with Crippen LogP contribution in [0.3, 0.4) is 0 Å². The molecular weight excluding hydrogens is 465 g/mol. The van der Waals surface area contributed by atoms with E-state index in [1.165, 1.54) is 11.1 Å². The third kappa shape index (κ3) is 9.26. The largest absolute Gasteiger partial charge is 0.498 e. The van der Waals surface area contributed by atoms with Crippen LogP contribution in [0.4, 0.5) is 0 Å². The Morgan fingerprint density at radius 1 is 0.971 bits per heavy atom. The van der Waals surface area contributed by atoms with Crippen LogP contribution in [-0.2, 0) is 24.0 Å². The topological polar surface area (TPSA) is 41.5 Å². The number of ether oxygens (including phenoxy) is 1. The van der Waals surface area contributed by atoms with Crippen molar-refractivity contribution in [1.29, 1.82) is 0 Å². The second-order valence-corrected chi connectivity index (χ2v) is 11.8. The molecule has 0 saturated carbocycles. The normalized spacial score (nSPS) is 13.1. The molecular formula is C29H41Cl2NO2. The Labute approximate surface area is 216 Å². The van der Waals surface area contributed by atoms with Crippen molar-refractivity contribution >= 4 is 23.2 Å². The number of halogens is 2. The van der Waals surface area contributed by atoms with Crippen LogP contribution in [0.5, 0.6) is 0 Å². The number of hydrogen-bond acceptors (Lipinski definition) is 3. The Morgan fingerprint density at radius 2 is 1.62 bits per heavy atom. The molecule has 0 spiro atoms. The van der Waals surface area contributed by atoms with Gasteiger partial charge in [-0.1, -0.05) is 74.8 Å². The first-order chi connectivity index (χ1) is 15.8. The fourth-order valence-electron chi connectivity index (χ4n) is 3.56. The molecule has 1 atom stereocenters. The van der Waals surface area contributed by atoms with Crippen molar-refractivity contribution < 1.29 is 9.84 Å². The van der Waals surface area contributed by atoms with E-state index in [9.17, 15) is 5.11 Å². The molecule has 0 amide bonds. The number of aliphatic hydroxyl groups is 1. The maximum atomic E-state index is 10.8. The molecule has 2 aromatic rings. The summed E-state index contributed by atoms with van der Waals surface area (Å²) in [5.74, 6) is 0.804. The van der Waals surface area contributed by atoms with Crippen LogP contribution in [0.2, 0.25) is 10.0 Å². The van der Waals surface area contributed by atoms with Crippen molar-refractivity contribution in [3.63, 3.8) is 0 Å². The summed E-state index contributed by atoms with van der Waals surface area (Å²) < 4.78 is 5.89. The van der Waals surface area contributed by atoms with E-state index < -0.39 is 6.10 Å². The average Bonchev–Trinajstić information content (AvgIpc) is 2.73. The van der Waals surface area contributed by atoms with Gasteiger partial charge in [0.1, 0.15) is 0 Å². The van der Waals surface area contributed by atoms with Crippen LogP contribution in [0.1, 0.15) is 76.3 Å². The molecule has 2 rings (SSSR count). The highest BCUT2D eigenvalue weighted by Crippen LogP contribution is 2.28.